The largest absolute Gasteiger partial charge is 0.417 e. The maximum atomic E-state index is 13.9. The molecule has 0 fully saturated rings. The first kappa shape index (κ1) is 30.3. The number of benzene rings is 1. The number of aliphatic hydroxyl groups excluding tert-OH is 1. The van der Waals surface area contributed by atoms with Crippen molar-refractivity contribution in [1.29, 1.82) is 0 Å². The van der Waals surface area contributed by atoms with E-state index in [0.29, 0.717) is 41.3 Å². The second kappa shape index (κ2) is 10.8. The first-order chi connectivity index (χ1) is 19.5. The Hall–Kier alpha value is -3.20. The van der Waals surface area contributed by atoms with E-state index >= 15 is 0 Å². The van der Waals surface area contributed by atoms with Crippen molar-refractivity contribution in [3.8, 4) is 0 Å². The zero-order valence-electron chi connectivity index (χ0n) is 23.2. The molecule has 1 amide bonds. The highest BCUT2D eigenvalue weighted by Crippen LogP contribution is 2.39. The summed E-state index contributed by atoms with van der Waals surface area (Å²) >= 11 is 5.78. The van der Waals surface area contributed by atoms with Gasteiger partial charge >= 0.3 is 6.18 Å². The molecule has 1 aromatic carbocycles. The van der Waals surface area contributed by atoms with Crippen LogP contribution in [0.15, 0.2) is 36.5 Å². The average molecular weight is 627 g/mol. The zero-order chi connectivity index (χ0) is 30.7. The van der Waals surface area contributed by atoms with Crippen molar-refractivity contribution in [3.05, 3.63) is 75.3 Å². The first-order valence-electron chi connectivity index (χ1n) is 13.2. The predicted octanol–water partition coefficient (Wildman–Crippen LogP) is 4.54. The topological polar surface area (TPSA) is 121 Å². The molecule has 0 saturated carbocycles. The van der Waals surface area contributed by atoms with Gasteiger partial charge in [-0.05, 0) is 50.6 Å². The molecule has 0 saturated heterocycles. The van der Waals surface area contributed by atoms with Crippen LogP contribution >= 0.6 is 11.6 Å². The highest BCUT2D eigenvalue weighted by molar-refractivity contribution is 7.92. The van der Waals surface area contributed by atoms with E-state index in [1.54, 1.807) is 26.6 Å². The molecule has 3 aromatic rings. The SMILES string of the molecule is C[C@H](c1ccc(NS(C)(=O)=O)cn1)N1C[C@@H](C)n2nc3c(c2C1=O)CN(C(O)c1ccc(Cl)c(C(F)(F)F)c1)[C@H](C)C3. The predicted molar refractivity (Wildman–Crippen MR) is 149 cm³/mol. The van der Waals surface area contributed by atoms with Gasteiger partial charge in [-0.15, -0.1) is 0 Å². The van der Waals surface area contributed by atoms with Crippen LogP contribution in [0.3, 0.4) is 0 Å². The standard InChI is InChI=1S/C27H30ClF3N6O4S/c1-14-9-23-19(13-35(14)25(38)17-5-7-21(28)20(10-17)27(29,30)31)24-26(39)36(12-15(2)37(24)33-23)16(3)22-8-6-18(11-32-22)34-42(4,40)41/h5-8,10-11,14-16,25,34,38H,9,12-13H2,1-4H3/t14-,15-,16-,25?/m1/s1. The molecule has 1 unspecified atom stereocenters. The molecule has 4 heterocycles. The third-order valence-corrected chi connectivity index (χ3v) is 8.66. The van der Waals surface area contributed by atoms with Gasteiger partial charge in [0.15, 0.2) is 0 Å². The van der Waals surface area contributed by atoms with E-state index in [-0.39, 0.29) is 30.1 Å². The Bertz CT molecular complexity index is 1630. The van der Waals surface area contributed by atoms with E-state index in [9.17, 15) is 31.5 Å². The van der Waals surface area contributed by atoms with Crippen LogP contribution in [0.25, 0.3) is 0 Å². The summed E-state index contributed by atoms with van der Waals surface area (Å²) in [5.74, 6) is -0.288. The Morgan fingerprint density at radius 3 is 2.50 bits per heavy atom. The third-order valence-electron chi connectivity index (χ3n) is 7.72. The minimum atomic E-state index is -4.68. The summed E-state index contributed by atoms with van der Waals surface area (Å²) in [6, 6.07) is 5.64. The second-order valence-electron chi connectivity index (χ2n) is 10.9. The number of aliphatic hydroxyl groups is 1. The van der Waals surface area contributed by atoms with Crippen LogP contribution in [0, 0.1) is 0 Å². The fourth-order valence-corrected chi connectivity index (χ4v) is 6.34. The Labute approximate surface area is 246 Å². The van der Waals surface area contributed by atoms with Crippen molar-refractivity contribution in [1.82, 2.24) is 24.6 Å². The highest BCUT2D eigenvalue weighted by Gasteiger charge is 2.41. The first-order valence-corrected chi connectivity index (χ1v) is 15.5. The van der Waals surface area contributed by atoms with E-state index in [0.717, 1.165) is 18.4 Å². The van der Waals surface area contributed by atoms with Crippen molar-refractivity contribution >= 4 is 33.2 Å². The summed E-state index contributed by atoms with van der Waals surface area (Å²) in [6.07, 6.45) is -3.24. The molecule has 2 N–H and O–H groups in total. The monoisotopic (exact) mass is 626 g/mol. The van der Waals surface area contributed by atoms with Crippen molar-refractivity contribution in [3.63, 3.8) is 0 Å². The lowest BCUT2D eigenvalue weighted by atomic mass is 9.96. The lowest BCUT2D eigenvalue weighted by Gasteiger charge is -2.38. The number of hydrogen-bond donors (Lipinski definition) is 2. The third kappa shape index (κ3) is 5.72. The molecule has 2 aliphatic heterocycles. The number of rotatable bonds is 6. The number of pyridine rings is 1. The summed E-state index contributed by atoms with van der Waals surface area (Å²) in [7, 11) is -3.47. The van der Waals surface area contributed by atoms with E-state index in [4.69, 9.17) is 16.7 Å². The quantitative estimate of drug-likeness (QED) is 0.412. The molecule has 4 atom stereocenters. The summed E-state index contributed by atoms with van der Waals surface area (Å²) < 4.78 is 67.5. The molecular weight excluding hydrogens is 597 g/mol. The molecule has 2 aliphatic rings. The van der Waals surface area contributed by atoms with Gasteiger partial charge in [0, 0.05) is 31.1 Å². The number of anilines is 1. The zero-order valence-corrected chi connectivity index (χ0v) is 24.8. The van der Waals surface area contributed by atoms with Crippen molar-refractivity contribution in [2.75, 3.05) is 17.5 Å². The van der Waals surface area contributed by atoms with Crippen molar-refractivity contribution in [2.45, 2.75) is 64.3 Å². The summed E-state index contributed by atoms with van der Waals surface area (Å²) in [5.41, 5.74) is 1.56. The minimum absolute atomic E-state index is 0.0397. The molecule has 10 nitrogen and oxygen atoms in total. The van der Waals surface area contributed by atoms with E-state index in [1.165, 1.54) is 12.3 Å². The fourth-order valence-electron chi connectivity index (χ4n) is 5.57. The number of aromatic nitrogens is 3. The molecule has 226 valence electrons. The summed E-state index contributed by atoms with van der Waals surface area (Å²) in [5, 5.41) is 15.5. The number of fused-ring (bicyclic) bond motifs is 3. The van der Waals surface area contributed by atoms with Crippen molar-refractivity contribution in [2.24, 2.45) is 0 Å². The number of carbonyl (C=O) groups excluding carboxylic acids is 1. The van der Waals surface area contributed by atoms with Crippen LogP contribution < -0.4 is 4.72 Å². The molecule has 0 aliphatic carbocycles. The number of amides is 1. The van der Waals surface area contributed by atoms with Crippen molar-refractivity contribution < 1.29 is 31.5 Å². The Morgan fingerprint density at radius 1 is 1.17 bits per heavy atom. The second-order valence-corrected chi connectivity index (χ2v) is 13.0. The van der Waals surface area contributed by atoms with Gasteiger partial charge in [-0.25, -0.2) is 8.42 Å². The number of sulfonamides is 1. The number of hydrogen-bond acceptors (Lipinski definition) is 7. The minimum Gasteiger partial charge on any atom is -0.374 e. The van der Waals surface area contributed by atoms with Gasteiger partial charge < -0.3 is 10.0 Å². The average Bonchev–Trinajstić information content (AvgIpc) is 3.27. The number of nitrogens with one attached hydrogen (secondary N) is 1. The maximum absolute atomic E-state index is 13.9. The Kier molecular flexibility index (Phi) is 7.79. The van der Waals surface area contributed by atoms with E-state index in [2.05, 4.69) is 9.71 Å². The maximum Gasteiger partial charge on any atom is 0.417 e. The fraction of sp³-hybridized carbons (Fsp3) is 0.444. The van der Waals surface area contributed by atoms with Crippen LogP contribution in [-0.4, -0.2) is 62.8 Å². The molecule has 0 radical (unpaired) electrons. The number of nitrogens with zero attached hydrogens (tertiary/aromatic N) is 5. The van der Waals surface area contributed by atoms with Gasteiger partial charge in [0.2, 0.25) is 10.0 Å². The number of halogens is 4. The molecule has 2 aromatic heterocycles. The molecule has 42 heavy (non-hydrogen) atoms. The smallest absolute Gasteiger partial charge is 0.374 e. The van der Waals surface area contributed by atoms with Gasteiger partial charge in [0.05, 0.1) is 52.2 Å². The molecular formula is C27H30ClF3N6O4S. The molecule has 0 bridgehead atoms. The van der Waals surface area contributed by atoms with Crippen LogP contribution in [0.5, 0.6) is 0 Å². The number of alkyl halides is 3. The lowest BCUT2D eigenvalue weighted by Crippen LogP contribution is -2.45. The van der Waals surface area contributed by atoms with Crippen LogP contribution in [0.4, 0.5) is 18.9 Å². The van der Waals surface area contributed by atoms with E-state index in [1.807, 2.05) is 20.8 Å². The summed E-state index contributed by atoms with van der Waals surface area (Å²) in [6.45, 7) is 6.06. The Morgan fingerprint density at radius 2 is 1.88 bits per heavy atom. The molecule has 5 rings (SSSR count). The lowest BCUT2D eigenvalue weighted by molar-refractivity contribution is -0.137. The molecule has 15 heteroatoms. The van der Waals surface area contributed by atoms with Crippen LogP contribution in [-0.2, 0) is 29.2 Å². The molecule has 0 spiro atoms. The van der Waals surface area contributed by atoms with Crippen LogP contribution in [0.2, 0.25) is 5.02 Å². The van der Waals surface area contributed by atoms with Gasteiger partial charge in [-0.1, -0.05) is 17.7 Å². The van der Waals surface area contributed by atoms with E-state index < -0.39 is 39.1 Å². The Balaban J connectivity index is 1.43. The normalized spacial score (nSPS) is 21.1. The highest BCUT2D eigenvalue weighted by atomic mass is 35.5. The number of carbonyl (C=O) groups is 1. The van der Waals surface area contributed by atoms with Gasteiger partial charge in [0.25, 0.3) is 5.91 Å². The summed E-state index contributed by atoms with van der Waals surface area (Å²) in [4.78, 5) is 21.6. The van der Waals surface area contributed by atoms with Gasteiger partial charge in [-0.3, -0.25) is 24.1 Å². The van der Waals surface area contributed by atoms with Crippen LogP contribution in [0.1, 0.15) is 77.6 Å². The van der Waals surface area contributed by atoms with Gasteiger partial charge in [0.1, 0.15) is 11.9 Å². The van der Waals surface area contributed by atoms with Gasteiger partial charge in [-0.2, -0.15) is 18.3 Å².